The Morgan fingerprint density at radius 1 is 1.19 bits per heavy atom. The van der Waals surface area contributed by atoms with Gasteiger partial charge < -0.3 is 19.7 Å². The normalized spacial score (nSPS) is 15.4. The van der Waals surface area contributed by atoms with Gasteiger partial charge in [0.2, 0.25) is 0 Å². The van der Waals surface area contributed by atoms with Crippen LogP contribution in [0.25, 0.3) is 0 Å². The van der Waals surface area contributed by atoms with Crippen LogP contribution in [0.15, 0.2) is 22.7 Å². The summed E-state index contributed by atoms with van der Waals surface area (Å²) in [6, 6.07) is 5.30. The number of carbonyl (C=O) groups excluding carboxylic acids is 2. The summed E-state index contributed by atoms with van der Waals surface area (Å²) in [6.07, 6.45) is -0.265. The summed E-state index contributed by atoms with van der Waals surface area (Å²) in [7, 11) is 1.57. The third kappa shape index (κ3) is 6.70. The van der Waals surface area contributed by atoms with Crippen molar-refractivity contribution < 1.29 is 19.1 Å². The summed E-state index contributed by atoms with van der Waals surface area (Å²) in [5.41, 5.74) is 0.0662. The van der Waals surface area contributed by atoms with E-state index in [9.17, 15) is 9.59 Å². The van der Waals surface area contributed by atoms with Gasteiger partial charge in [0, 0.05) is 43.7 Å². The first-order valence-electron chi connectivity index (χ1n) is 9.01. The predicted octanol–water partition coefficient (Wildman–Crippen LogP) is 2.74. The first-order chi connectivity index (χ1) is 12.7. The number of halogens is 1. The van der Waals surface area contributed by atoms with Gasteiger partial charge in [-0.15, -0.1) is 0 Å². The highest BCUT2D eigenvalue weighted by Gasteiger charge is 2.25. The van der Waals surface area contributed by atoms with Gasteiger partial charge in [0.1, 0.15) is 11.4 Å². The Morgan fingerprint density at radius 3 is 2.44 bits per heavy atom. The summed E-state index contributed by atoms with van der Waals surface area (Å²) >= 11 is 3.39. The van der Waals surface area contributed by atoms with Gasteiger partial charge in [-0.2, -0.15) is 0 Å². The molecule has 1 aromatic rings. The maximum absolute atomic E-state index is 12.4. The number of ether oxygens (including phenoxy) is 2. The van der Waals surface area contributed by atoms with Gasteiger partial charge in [-0.1, -0.05) is 0 Å². The molecule has 0 radical (unpaired) electrons. The highest BCUT2D eigenvalue weighted by Crippen LogP contribution is 2.22. The third-order valence-electron chi connectivity index (χ3n) is 4.16. The lowest BCUT2D eigenvalue weighted by Gasteiger charge is -2.35. The minimum Gasteiger partial charge on any atom is -0.497 e. The lowest BCUT2D eigenvalue weighted by Crippen LogP contribution is -2.51. The summed E-state index contributed by atoms with van der Waals surface area (Å²) in [5.74, 6) is 0.495. The average molecular weight is 442 g/mol. The van der Waals surface area contributed by atoms with Gasteiger partial charge in [-0.3, -0.25) is 9.69 Å². The quantitative estimate of drug-likeness (QED) is 0.760. The van der Waals surface area contributed by atoms with E-state index in [4.69, 9.17) is 9.47 Å². The van der Waals surface area contributed by atoms with Crippen LogP contribution < -0.4 is 10.1 Å². The fourth-order valence-electron chi connectivity index (χ4n) is 2.71. The van der Waals surface area contributed by atoms with Crippen molar-refractivity contribution in [3.8, 4) is 5.75 Å². The van der Waals surface area contributed by atoms with Crippen molar-refractivity contribution in [2.75, 3.05) is 46.4 Å². The van der Waals surface area contributed by atoms with Gasteiger partial charge >= 0.3 is 6.09 Å². The molecule has 8 heteroatoms. The van der Waals surface area contributed by atoms with Crippen molar-refractivity contribution in [2.24, 2.45) is 0 Å². The van der Waals surface area contributed by atoms with E-state index in [1.54, 1.807) is 30.2 Å². The predicted molar refractivity (Wildman–Crippen MR) is 107 cm³/mol. The van der Waals surface area contributed by atoms with Crippen LogP contribution in [0.4, 0.5) is 4.79 Å². The molecule has 1 N–H and O–H groups in total. The molecule has 0 bridgehead atoms. The summed E-state index contributed by atoms with van der Waals surface area (Å²) < 4.78 is 11.3. The van der Waals surface area contributed by atoms with Gasteiger partial charge in [0.05, 0.1) is 12.7 Å². The third-order valence-corrected chi connectivity index (χ3v) is 4.85. The van der Waals surface area contributed by atoms with Gasteiger partial charge in [0.25, 0.3) is 5.91 Å². The second-order valence-electron chi connectivity index (χ2n) is 7.41. The van der Waals surface area contributed by atoms with Gasteiger partial charge in [-0.05, 0) is 54.9 Å². The number of nitrogens with zero attached hydrogens (tertiary/aromatic N) is 2. The van der Waals surface area contributed by atoms with Gasteiger partial charge in [-0.25, -0.2) is 4.79 Å². The van der Waals surface area contributed by atoms with E-state index in [1.165, 1.54) is 0 Å². The average Bonchev–Trinajstić information content (AvgIpc) is 2.61. The zero-order valence-electron chi connectivity index (χ0n) is 16.4. The summed E-state index contributed by atoms with van der Waals surface area (Å²) in [4.78, 5) is 28.4. The lowest BCUT2D eigenvalue weighted by atomic mass is 10.2. The Bertz CT molecular complexity index is 667. The molecule has 0 unspecified atom stereocenters. The Kier molecular flexibility index (Phi) is 7.49. The molecule has 0 spiro atoms. The molecule has 1 aromatic carbocycles. The molecule has 1 aliphatic rings. The molecule has 27 heavy (non-hydrogen) atoms. The van der Waals surface area contributed by atoms with Crippen molar-refractivity contribution in [3.05, 3.63) is 28.2 Å². The minimum absolute atomic E-state index is 0.145. The zero-order chi connectivity index (χ0) is 20.0. The largest absolute Gasteiger partial charge is 0.497 e. The number of hydrogen-bond acceptors (Lipinski definition) is 5. The number of hydrogen-bond donors (Lipinski definition) is 1. The Morgan fingerprint density at radius 2 is 1.85 bits per heavy atom. The standard InChI is InChI=1S/C19H28BrN3O4/c1-19(2,3)27-18(25)23-11-9-22(10-12-23)8-7-21-17(24)15-13-14(26-4)5-6-16(15)20/h5-6,13H,7-12H2,1-4H3,(H,21,24). The summed E-state index contributed by atoms with van der Waals surface area (Å²) in [6.45, 7) is 9.65. The maximum Gasteiger partial charge on any atom is 0.410 e. The van der Waals surface area contributed by atoms with E-state index in [-0.39, 0.29) is 12.0 Å². The van der Waals surface area contributed by atoms with Crippen LogP contribution in [0.2, 0.25) is 0 Å². The van der Waals surface area contributed by atoms with E-state index >= 15 is 0 Å². The minimum atomic E-state index is -0.479. The second kappa shape index (κ2) is 9.41. The molecular weight excluding hydrogens is 414 g/mol. The molecule has 0 aliphatic carbocycles. The van der Waals surface area contributed by atoms with Crippen LogP contribution in [-0.4, -0.2) is 73.8 Å². The second-order valence-corrected chi connectivity index (χ2v) is 8.27. The highest BCUT2D eigenvalue weighted by atomic mass is 79.9. The molecule has 0 saturated carbocycles. The molecule has 7 nitrogen and oxygen atoms in total. The number of rotatable bonds is 5. The molecule has 2 amide bonds. The van der Waals surface area contributed by atoms with Crippen molar-refractivity contribution in [1.82, 2.24) is 15.1 Å². The lowest BCUT2D eigenvalue weighted by molar-refractivity contribution is 0.0147. The van der Waals surface area contributed by atoms with Crippen LogP contribution >= 0.6 is 15.9 Å². The first-order valence-corrected chi connectivity index (χ1v) is 9.81. The number of benzene rings is 1. The fourth-order valence-corrected chi connectivity index (χ4v) is 3.14. The maximum atomic E-state index is 12.4. The molecule has 150 valence electrons. The Balaban J connectivity index is 1.74. The van der Waals surface area contributed by atoms with Crippen molar-refractivity contribution in [3.63, 3.8) is 0 Å². The monoisotopic (exact) mass is 441 g/mol. The van der Waals surface area contributed by atoms with Crippen LogP contribution in [0.3, 0.4) is 0 Å². The first kappa shape index (κ1) is 21.5. The smallest absolute Gasteiger partial charge is 0.410 e. The SMILES string of the molecule is COc1ccc(Br)c(C(=O)NCCN2CCN(C(=O)OC(C)(C)C)CC2)c1. The van der Waals surface area contributed by atoms with E-state index < -0.39 is 5.60 Å². The number of nitrogens with one attached hydrogen (secondary N) is 1. The number of methoxy groups -OCH3 is 1. The summed E-state index contributed by atoms with van der Waals surface area (Å²) in [5, 5.41) is 2.93. The Labute approximate surface area is 169 Å². The van der Waals surface area contributed by atoms with Crippen molar-refractivity contribution in [1.29, 1.82) is 0 Å². The van der Waals surface area contributed by atoms with E-state index in [0.717, 1.165) is 24.1 Å². The molecule has 1 aliphatic heterocycles. The Hall–Kier alpha value is -1.80. The van der Waals surface area contributed by atoms with Crippen LogP contribution in [0, 0.1) is 0 Å². The topological polar surface area (TPSA) is 71.1 Å². The van der Waals surface area contributed by atoms with Crippen LogP contribution in [0.5, 0.6) is 5.75 Å². The van der Waals surface area contributed by atoms with Crippen molar-refractivity contribution >= 4 is 27.9 Å². The highest BCUT2D eigenvalue weighted by molar-refractivity contribution is 9.10. The molecule has 1 heterocycles. The number of carbonyl (C=O) groups is 2. The number of amides is 2. The van der Waals surface area contributed by atoms with Crippen LogP contribution in [-0.2, 0) is 4.74 Å². The molecule has 0 atom stereocenters. The van der Waals surface area contributed by atoms with E-state index in [2.05, 4.69) is 26.1 Å². The molecular formula is C19H28BrN3O4. The van der Waals surface area contributed by atoms with Crippen LogP contribution in [0.1, 0.15) is 31.1 Å². The van der Waals surface area contributed by atoms with E-state index in [0.29, 0.717) is 30.9 Å². The number of piperazine rings is 1. The molecule has 1 fully saturated rings. The molecule has 0 aromatic heterocycles. The van der Waals surface area contributed by atoms with Crippen molar-refractivity contribution in [2.45, 2.75) is 26.4 Å². The molecule has 1 saturated heterocycles. The zero-order valence-corrected chi connectivity index (χ0v) is 18.0. The molecule has 2 rings (SSSR count). The van der Waals surface area contributed by atoms with E-state index in [1.807, 2.05) is 20.8 Å². The fraction of sp³-hybridized carbons (Fsp3) is 0.579. The van der Waals surface area contributed by atoms with Gasteiger partial charge in [0.15, 0.2) is 0 Å².